The lowest BCUT2D eigenvalue weighted by Crippen LogP contribution is -2.23. The van der Waals surface area contributed by atoms with Crippen molar-refractivity contribution in [3.05, 3.63) is 64.8 Å². The highest BCUT2D eigenvalue weighted by Crippen LogP contribution is 2.25. The van der Waals surface area contributed by atoms with E-state index in [0.717, 1.165) is 27.7 Å². The van der Waals surface area contributed by atoms with Crippen molar-refractivity contribution in [2.75, 3.05) is 5.32 Å². The van der Waals surface area contributed by atoms with E-state index in [4.69, 9.17) is 0 Å². The van der Waals surface area contributed by atoms with E-state index in [0.29, 0.717) is 11.3 Å². The minimum Gasteiger partial charge on any atom is -0.347 e. The summed E-state index contributed by atoms with van der Waals surface area (Å²) in [6.45, 7) is 5.77. The number of rotatable bonds is 3. The molecule has 3 rings (SSSR count). The Bertz CT molecular complexity index is 947. The molecule has 1 amide bonds. The topological polar surface area (TPSA) is 51.1 Å². The van der Waals surface area contributed by atoms with E-state index in [2.05, 4.69) is 5.32 Å². The van der Waals surface area contributed by atoms with Gasteiger partial charge in [0.25, 0.3) is 11.7 Å². The van der Waals surface area contributed by atoms with Crippen molar-refractivity contribution in [3.8, 4) is 0 Å². The summed E-state index contributed by atoms with van der Waals surface area (Å²) < 4.78 is 1.94. The standard InChI is InChI=1S/C20H20N2O2/c1-12-9-13(2)11-15(10-12)21-20(24)19(23)18-14(3)22(4)17-8-6-5-7-16(17)18/h5-11H,1-4H3,(H,21,24). The highest BCUT2D eigenvalue weighted by atomic mass is 16.2. The minimum atomic E-state index is -0.612. The number of para-hydroxylation sites is 1. The molecule has 0 atom stereocenters. The van der Waals surface area contributed by atoms with E-state index in [1.165, 1.54) is 0 Å². The lowest BCUT2D eigenvalue weighted by Gasteiger charge is -2.07. The van der Waals surface area contributed by atoms with Crippen LogP contribution in [-0.4, -0.2) is 16.3 Å². The van der Waals surface area contributed by atoms with Crippen LogP contribution in [0.5, 0.6) is 0 Å². The first-order valence-electron chi connectivity index (χ1n) is 7.86. The Balaban J connectivity index is 1.97. The third kappa shape index (κ3) is 2.71. The smallest absolute Gasteiger partial charge is 0.296 e. The van der Waals surface area contributed by atoms with Crippen LogP contribution in [0.1, 0.15) is 27.2 Å². The van der Waals surface area contributed by atoms with Gasteiger partial charge >= 0.3 is 0 Å². The summed E-state index contributed by atoms with van der Waals surface area (Å²) in [4.78, 5) is 25.2. The van der Waals surface area contributed by atoms with Crippen molar-refractivity contribution < 1.29 is 9.59 Å². The van der Waals surface area contributed by atoms with Crippen LogP contribution in [-0.2, 0) is 11.8 Å². The SMILES string of the molecule is Cc1cc(C)cc(NC(=O)C(=O)c2c(C)n(C)c3ccccc23)c1. The third-order valence-corrected chi connectivity index (χ3v) is 4.31. The maximum absolute atomic E-state index is 12.7. The molecule has 0 saturated carbocycles. The van der Waals surface area contributed by atoms with E-state index < -0.39 is 11.7 Å². The molecule has 0 aliphatic heterocycles. The van der Waals surface area contributed by atoms with Crippen molar-refractivity contribution in [2.24, 2.45) is 7.05 Å². The Labute approximate surface area is 141 Å². The molecule has 1 aromatic heterocycles. The number of anilines is 1. The lowest BCUT2D eigenvalue weighted by atomic mass is 10.1. The molecule has 24 heavy (non-hydrogen) atoms. The van der Waals surface area contributed by atoms with E-state index in [9.17, 15) is 9.59 Å². The van der Waals surface area contributed by atoms with Crippen LogP contribution >= 0.6 is 0 Å². The molecule has 1 N–H and O–H groups in total. The zero-order valence-corrected chi connectivity index (χ0v) is 14.3. The number of ketones is 1. The molecule has 0 fully saturated rings. The number of carbonyl (C=O) groups is 2. The number of hydrogen-bond donors (Lipinski definition) is 1. The van der Waals surface area contributed by atoms with Gasteiger partial charge in [-0.15, -0.1) is 0 Å². The molecule has 4 heteroatoms. The van der Waals surface area contributed by atoms with Crippen molar-refractivity contribution in [1.82, 2.24) is 4.57 Å². The summed E-state index contributed by atoms with van der Waals surface area (Å²) in [5.74, 6) is -1.12. The first kappa shape index (κ1) is 16.0. The van der Waals surface area contributed by atoms with E-state index in [-0.39, 0.29) is 0 Å². The molecular formula is C20H20N2O2. The molecule has 0 spiro atoms. The molecule has 0 saturated heterocycles. The number of benzene rings is 2. The Morgan fingerprint density at radius 3 is 2.25 bits per heavy atom. The maximum Gasteiger partial charge on any atom is 0.296 e. The largest absolute Gasteiger partial charge is 0.347 e. The van der Waals surface area contributed by atoms with Crippen LogP contribution in [0.15, 0.2) is 42.5 Å². The van der Waals surface area contributed by atoms with Crippen LogP contribution in [0.3, 0.4) is 0 Å². The number of Topliss-reactive ketones (excluding diaryl/α,β-unsaturated/α-hetero) is 1. The number of carbonyl (C=O) groups excluding carboxylic acids is 2. The van der Waals surface area contributed by atoms with Crippen molar-refractivity contribution in [3.63, 3.8) is 0 Å². The van der Waals surface area contributed by atoms with Crippen LogP contribution in [0.25, 0.3) is 10.9 Å². The number of nitrogens with one attached hydrogen (secondary N) is 1. The molecule has 0 unspecified atom stereocenters. The second kappa shape index (κ2) is 5.96. The predicted octanol–water partition coefficient (Wildman–Crippen LogP) is 3.92. The van der Waals surface area contributed by atoms with Gasteiger partial charge in [-0.3, -0.25) is 9.59 Å². The molecule has 4 nitrogen and oxygen atoms in total. The molecule has 0 aliphatic rings. The monoisotopic (exact) mass is 320 g/mol. The van der Waals surface area contributed by atoms with Gasteiger partial charge in [0.05, 0.1) is 5.56 Å². The molecule has 0 bridgehead atoms. The molecule has 0 aliphatic carbocycles. The molecule has 2 aromatic carbocycles. The minimum absolute atomic E-state index is 0.468. The highest BCUT2D eigenvalue weighted by molar-refractivity contribution is 6.48. The Morgan fingerprint density at radius 2 is 1.58 bits per heavy atom. The fourth-order valence-corrected chi connectivity index (χ4v) is 3.16. The third-order valence-electron chi connectivity index (χ3n) is 4.31. The second-order valence-corrected chi connectivity index (χ2v) is 6.20. The number of hydrogen-bond acceptors (Lipinski definition) is 2. The van der Waals surface area contributed by atoms with Gasteiger partial charge < -0.3 is 9.88 Å². The van der Waals surface area contributed by atoms with Crippen LogP contribution < -0.4 is 5.32 Å². The van der Waals surface area contributed by atoms with Gasteiger partial charge in [0.1, 0.15) is 0 Å². The summed E-state index contributed by atoms with van der Waals surface area (Å²) in [6, 6.07) is 13.3. The second-order valence-electron chi connectivity index (χ2n) is 6.20. The summed E-state index contributed by atoms with van der Waals surface area (Å²) >= 11 is 0. The number of fused-ring (bicyclic) bond motifs is 1. The average Bonchev–Trinajstić information content (AvgIpc) is 2.77. The summed E-state index contributed by atoms with van der Waals surface area (Å²) in [6.07, 6.45) is 0. The number of aromatic nitrogens is 1. The fourth-order valence-electron chi connectivity index (χ4n) is 3.16. The van der Waals surface area contributed by atoms with Crippen LogP contribution in [0.4, 0.5) is 5.69 Å². The Morgan fingerprint density at radius 1 is 0.958 bits per heavy atom. The van der Waals surface area contributed by atoms with E-state index >= 15 is 0 Å². The van der Waals surface area contributed by atoms with Gasteiger partial charge in [0, 0.05) is 29.3 Å². The van der Waals surface area contributed by atoms with Gasteiger partial charge in [-0.1, -0.05) is 24.3 Å². The maximum atomic E-state index is 12.7. The van der Waals surface area contributed by atoms with E-state index in [1.807, 2.05) is 74.9 Å². The normalized spacial score (nSPS) is 10.8. The number of nitrogens with zero attached hydrogens (tertiary/aromatic N) is 1. The van der Waals surface area contributed by atoms with E-state index in [1.54, 1.807) is 0 Å². The first-order chi connectivity index (χ1) is 11.4. The molecule has 122 valence electrons. The highest BCUT2D eigenvalue weighted by Gasteiger charge is 2.24. The van der Waals surface area contributed by atoms with Crippen molar-refractivity contribution in [2.45, 2.75) is 20.8 Å². The molecule has 1 heterocycles. The van der Waals surface area contributed by atoms with Gasteiger partial charge in [-0.2, -0.15) is 0 Å². The molecule has 3 aromatic rings. The lowest BCUT2D eigenvalue weighted by molar-refractivity contribution is -0.112. The first-order valence-corrected chi connectivity index (χ1v) is 7.86. The predicted molar refractivity (Wildman–Crippen MR) is 96.5 cm³/mol. The summed E-state index contributed by atoms with van der Waals surface area (Å²) in [5, 5.41) is 3.53. The zero-order chi connectivity index (χ0) is 17.4. The van der Waals surface area contributed by atoms with Crippen molar-refractivity contribution >= 4 is 28.3 Å². The Kier molecular flexibility index (Phi) is 3.97. The van der Waals surface area contributed by atoms with Crippen LogP contribution in [0.2, 0.25) is 0 Å². The van der Waals surface area contributed by atoms with Crippen molar-refractivity contribution in [1.29, 1.82) is 0 Å². The zero-order valence-electron chi connectivity index (χ0n) is 14.3. The summed E-state index contributed by atoms with van der Waals surface area (Å²) in [5.41, 5.74) is 4.92. The molecule has 0 radical (unpaired) electrons. The number of amides is 1. The Hall–Kier alpha value is -2.88. The van der Waals surface area contributed by atoms with Gasteiger partial charge in [-0.05, 0) is 50.1 Å². The average molecular weight is 320 g/mol. The quantitative estimate of drug-likeness (QED) is 0.587. The van der Waals surface area contributed by atoms with Gasteiger partial charge in [0.2, 0.25) is 0 Å². The fraction of sp³-hybridized carbons (Fsp3) is 0.200. The molecular weight excluding hydrogens is 300 g/mol. The van der Waals surface area contributed by atoms with Crippen LogP contribution in [0, 0.1) is 20.8 Å². The van der Waals surface area contributed by atoms with Gasteiger partial charge in [-0.25, -0.2) is 0 Å². The van der Waals surface area contributed by atoms with Gasteiger partial charge in [0.15, 0.2) is 0 Å². The number of aryl methyl sites for hydroxylation is 3. The summed E-state index contributed by atoms with van der Waals surface area (Å²) in [7, 11) is 1.90.